The molecule has 3 heterocycles. The van der Waals surface area contributed by atoms with Crippen LogP contribution in [0.2, 0.25) is 0 Å². The minimum Gasteiger partial charge on any atom is -0.478 e. The molecule has 2 aliphatic rings. The Kier molecular flexibility index (Phi) is 5.45. The van der Waals surface area contributed by atoms with Crippen LogP contribution in [0.1, 0.15) is 26.2 Å². The molecule has 2 saturated heterocycles. The summed E-state index contributed by atoms with van der Waals surface area (Å²) in [6.07, 6.45) is 5.37. The fourth-order valence-electron chi connectivity index (χ4n) is 3.29. The molecule has 6 nitrogen and oxygen atoms in total. The number of anilines is 1. The minimum absolute atomic E-state index is 0.524. The molecular weight excluding hydrogens is 280 g/mol. The van der Waals surface area contributed by atoms with Gasteiger partial charge in [-0.25, -0.2) is 9.97 Å². The van der Waals surface area contributed by atoms with Crippen LogP contribution in [0.25, 0.3) is 0 Å². The molecule has 6 heteroatoms. The smallest absolute Gasteiger partial charge is 0.218 e. The Hall–Kier alpha value is -1.40. The summed E-state index contributed by atoms with van der Waals surface area (Å²) < 4.78 is 11.0. The van der Waals surface area contributed by atoms with Gasteiger partial charge in [0, 0.05) is 38.3 Å². The summed E-state index contributed by atoms with van der Waals surface area (Å²) in [5.74, 6) is 1.67. The van der Waals surface area contributed by atoms with Gasteiger partial charge in [0.2, 0.25) is 5.88 Å². The Balaban J connectivity index is 1.69. The molecule has 1 aromatic heterocycles. The molecule has 2 aliphatic heterocycles. The Morgan fingerprint density at radius 2 is 2.09 bits per heavy atom. The van der Waals surface area contributed by atoms with Gasteiger partial charge in [0.25, 0.3) is 0 Å². The molecular formula is C16H26N4O2. The lowest BCUT2D eigenvalue weighted by Gasteiger charge is -2.40. The second-order valence-electron chi connectivity index (χ2n) is 5.90. The lowest BCUT2D eigenvalue weighted by Crippen LogP contribution is -2.49. The van der Waals surface area contributed by atoms with Crippen LogP contribution < -0.4 is 9.64 Å². The van der Waals surface area contributed by atoms with E-state index in [2.05, 4.69) is 19.8 Å². The highest BCUT2D eigenvalue weighted by Gasteiger charge is 2.26. The Morgan fingerprint density at radius 1 is 1.23 bits per heavy atom. The molecule has 0 N–H and O–H groups in total. The largest absolute Gasteiger partial charge is 0.478 e. The van der Waals surface area contributed by atoms with Crippen molar-refractivity contribution in [2.45, 2.75) is 32.2 Å². The van der Waals surface area contributed by atoms with Gasteiger partial charge in [-0.05, 0) is 26.2 Å². The van der Waals surface area contributed by atoms with Gasteiger partial charge < -0.3 is 14.4 Å². The van der Waals surface area contributed by atoms with Crippen molar-refractivity contribution in [2.24, 2.45) is 0 Å². The third-order valence-corrected chi connectivity index (χ3v) is 4.41. The first-order chi connectivity index (χ1) is 10.9. The van der Waals surface area contributed by atoms with Crippen molar-refractivity contribution in [3.05, 3.63) is 12.4 Å². The molecule has 122 valence electrons. The van der Waals surface area contributed by atoms with Crippen LogP contribution in [-0.2, 0) is 4.74 Å². The first-order valence-corrected chi connectivity index (χ1v) is 8.38. The highest BCUT2D eigenvalue weighted by Crippen LogP contribution is 2.25. The topological polar surface area (TPSA) is 50.7 Å². The van der Waals surface area contributed by atoms with Gasteiger partial charge in [-0.15, -0.1) is 0 Å². The summed E-state index contributed by atoms with van der Waals surface area (Å²) in [5, 5.41) is 0. The van der Waals surface area contributed by atoms with Crippen LogP contribution in [0.4, 0.5) is 5.82 Å². The van der Waals surface area contributed by atoms with E-state index in [1.54, 1.807) is 6.33 Å². The van der Waals surface area contributed by atoms with Gasteiger partial charge in [0.1, 0.15) is 12.1 Å². The normalized spacial score (nSPS) is 23.5. The first kappa shape index (κ1) is 15.5. The maximum absolute atomic E-state index is 5.52. The average Bonchev–Trinajstić information content (AvgIpc) is 2.57. The zero-order valence-electron chi connectivity index (χ0n) is 13.4. The minimum atomic E-state index is 0.524. The summed E-state index contributed by atoms with van der Waals surface area (Å²) in [6.45, 7) is 8.56. The lowest BCUT2D eigenvalue weighted by molar-refractivity contribution is 0.0338. The van der Waals surface area contributed by atoms with Gasteiger partial charge >= 0.3 is 0 Å². The molecule has 0 aromatic carbocycles. The van der Waals surface area contributed by atoms with Gasteiger partial charge in [-0.3, -0.25) is 4.90 Å². The van der Waals surface area contributed by atoms with Crippen molar-refractivity contribution >= 4 is 5.82 Å². The third-order valence-electron chi connectivity index (χ3n) is 4.41. The summed E-state index contributed by atoms with van der Waals surface area (Å²) in [6, 6.07) is 2.50. The predicted octanol–water partition coefficient (Wildman–Crippen LogP) is 1.57. The molecule has 1 atom stereocenters. The number of hydrogen-bond acceptors (Lipinski definition) is 6. The summed E-state index contributed by atoms with van der Waals surface area (Å²) >= 11 is 0. The molecule has 0 bridgehead atoms. The number of hydrogen-bond donors (Lipinski definition) is 0. The van der Waals surface area contributed by atoms with Crippen molar-refractivity contribution in [1.29, 1.82) is 0 Å². The molecule has 0 amide bonds. The van der Waals surface area contributed by atoms with E-state index in [-0.39, 0.29) is 0 Å². The number of ether oxygens (including phenoxy) is 2. The lowest BCUT2D eigenvalue weighted by atomic mass is 10.0. The molecule has 0 spiro atoms. The first-order valence-electron chi connectivity index (χ1n) is 8.38. The zero-order valence-corrected chi connectivity index (χ0v) is 13.4. The van der Waals surface area contributed by atoms with E-state index < -0.39 is 0 Å². The van der Waals surface area contributed by atoms with E-state index >= 15 is 0 Å². The second-order valence-corrected chi connectivity index (χ2v) is 5.90. The SMILES string of the molecule is CCOc1cc(N2CCCCC2CN2CCOCC2)ncn1. The van der Waals surface area contributed by atoms with E-state index in [4.69, 9.17) is 9.47 Å². The number of aromatic nitrogens is 2. The number of nitrogens with zero attached hydrogens (tertiary/aromatic N) is 4. The molecule has 1 aromatic rings. The predicted molar refractivity (Wildman–Crippen MR) is 85.4 cm³/mol. The molecule has 0 aliphatic carbocycles. The monoisotopic (exact) mass is 306 g/mol. The Bertz CT molecular complexity index is 465. The van der Waals surface area contributed by atoms with Gasteiger partial charge in [0.15, 0.2) is 0 Å². The summed E-state index contributed by atoms with van der Waals surface area (Å²) in [5.41, 5.74) is 0. The number of morpholine rings is 1. The fourth-order valence-corrected chi connectivity index (χ4v) is 3.29. The maximum atomic E-state index is 5.52. The molecule has 1 unspecified atom stereocenters. The molecule has 0 saturated carbocycles. The Morgan fingerprint density at radius 3 is 2.91 bits per heavy atom. The fraction of sp³-hybridized carbons (Fsp3) is 0.750. The second kappa shape index (κ2) is 7.74. The van der Waals surface area contributed by atoms with Crippen molar-refractivity contribution in [3.63, 3.8) is 0 Å². The Labute approximate surface area is 132 Å². The van der Waals surface area contributed by atoms with Gasteiger partial charge in [-0.2, -0.15) is 0 Å². The molecule has 2 fully saturated rings. The van der Waals surface area contributed by atoms with Crippen LogP contribution in [0.5, 0.6) is 5.88 Å². The van der Waals surface area contributed by atoms with Crippen LogP contribution in [0, 0.1) is 0 Å². The van der Waals surface area contributed by atoms with E-state index in [1.807, 2.05) is 13.0 Å². The zero-order chi connectivity index (χ0) is 15.2. The van der Waals surface area contributed by atoms with Gasteiger partial charge in [-0.1, -0.05) is 0 Å². The summed E-state index contributed by atoms with van der Waals surface area (Å²) in [7, 11) is 0. The van der Waals surface area contributed by atoms with E-state index in [0.29, 0.717) is 18.5 Å². The highest BCUT2D eigenvalue weighted by atomic mass is 16.5. The highest BCUT2D eigenvalue weighted by molar-refractivity contribution is 5.42. The maximum Gasteiger partial charge on any atom is 0.218 e. The third kappa shape index (κ3) is 3.87. The number of piperidine rings is 1. The average molecular weight is 306 g/mol. The molecule has 0 radical (unpaired) electrons. The van der Waals surface area contributed by atoms with E-state index in [1.165, 1.54) is 19.3 Å². The van der Waals surface area contributed by atoms with Crippen molar-refractivity contribution in [1.82, 2.24) is 14.9 Å². The quantitative estimate of drug-likeness (QED) is 0.823. The van der Waals surface area contributed by atoms with Crippen molar-refractivity contribution in [3.8, 4) is 5.88 Å². The van der Waals surface area contributed by atoms with Crippen LogP contribution in [-0.4, -0.2) is 66.9 Å². The van der Waals surface area contributed by atoms with Gasteiger partial charge in [0.05, 0.1) is 19.8 Å². The molecule has 22 heavy (non-hydrogen) atoms. The van der Waals surface area contributed by atoms with E-state index in [0.717, 1.165) is 45.2 Å². The number of rotatable bonds is 5. The van der Waals surface area contributed by atoms with Crippen LogP contribution in [0.15, 0.2) is 12.4 Å². The van der Waals surface area contributed by atoms with Crippen molar-refractivity contribution < 1.29 is 9.47 Å². The van der Waals surface area contributed by atoms with Crippen LogP contribution >= 0.6 is 0 Å². The van der Waals surface area contributed by atoms with Crippen molar-refractivity contribution in [2.75, 3.05) is 50.9 Å². The summed E-state index contributed by atoms with van der Waals surface area (Å²) in [4.78, 5) is 13.6. The van der Waals surface area contributed by atoms with Crippen LogP contribution in [0.3, 0.4) is 0 Å². The van der Waals surface area contributed by atoms with E-state index in [9.17, 15) is 0 Å². The standard InChI is InChI=1S/C16H26N4O2/c1-2-22-16-11-15(17-13-18-16)20-6-4-3-5-14(20)12-19-7-9-21-10-8-19/h11,13-14H,2-10,12H2,1H3. The molecule has 3 rings (SSSR count).